The molecule has 0 unspecified atom stereocenters. The summed E-state index contributed by atoms with van der Waals surface area (Å²) in [7, 11) is -1.16. The molecule has 0 bridgehead atoms. The minimum Gasteiger partial charge on any atom is -0.399 e. The number of aryl methyl sites for hydroxylation is 1. The molecule has 1 aromatic rings. The number of benzene rings is 1. The van der Waals surface area contributed by atoms with Crippen LogP contribution < -0.4 is 5.46 Å². The molecule has 1 aliphatic heterocycles. The van der Waals surface area contributed by atoms with Crippen molar-refractivity contribution in [1.29, 1.82) is 0 Å². The summed E-state index contributed by atoms with van der Waals surface area (Å²) >= 11 is 0. The molecule has 0 amide bonds. The minimum atomic E-state index is -4.54. The summed E-state index contributed by atoms with van der Waals surface area (Å²) in [5, 5.41) is 0. The summed E-state index contributed by atoms with van der Waals surface area (Å²) in [4.78, 5) is 0. The van der Waals surface area contributed by atoms with Crippen LogP contribution in [0, 0.1) is 12.7 Å². The Morgan fingerprint density at radius 1 is 1.00 bits per heavy atom. The molecule has 1 aromatic carbocycles. The standard InChI is InChI=1S/C14H17BF4O2/c1-8-6-9(14(17,18)19)7-10(11(8)16)15-20-12(2,3)13(4,5)21-15/h6-7H,1-5H3. The fourth-order valence-electron chi connectivity index (χ4n) is 2.10. The molecule has 1 heterocycles. The van der Waals surface area contributed by atoms with E-state index in [0.717, 1.165) is 12.1 Å². The smallest absolute Gasteiger partial charge is 0.399 e. The van der Waals surface area contributed by atoms with E-state index >= 15 is 0 Å². The average molecular weight is 304 g/mol. The first-order valence-electron chi connectivity index (χ1n) is 6.58. The van der Waals surface area contributed by atoms with Crippen LogP contribution in [0.3, 0.4) is 0 Å². The highest BCUT2D eigenvalue weighted by Gasteiger charge is 2.53. The van der Waals surface area contributed by atoms with Gasteiger partial charge in [0.2, 0.25) is 0 Å². The zero-order valence-corrected chi connectivity index (χ0v) is 12.6. The first kappa shape index (κ1) is 16.3. The maximum absolute atomic E-state index is 14.2. The highest BCUT2D eigenvalue weighted by molar-refractivity contribution is 6.62. The Hall–Kier alpha value is -1.08. The summed E-state index contributed by atoms with van der Waals surface area (Å²) in [6.07, 6.45) is -4.54. The number of alkyl halides is 3. The first-order chi connectivity index (χ1) is 9.35. The molecular formula is C14H17BF4O2. The second kappa shape index (κ2) is 4.71. The highest BCUT2D eigenvalue weighted by Crippen LogP contribution is 2.37. The van der Waals surface area contributed by atoms with Gasteiger partial charge in [-0.05, 0) is 52.3 Å². The summed E-state index contributed by atoms with van der Waals surface area (Å²) in [5.41, 5.74) is -2.71. The van der Waals surface area contributed by atoms with Gasteiger partial charge in [-0.25, -0.2) is 4.39 Å². The molecule has 7 heteroatoms. The summed E-state index contributed by atoms with van der Waals surface area (Å²) in [6.45, 7) is 8.31. The molecule has 2 nitrogen and oxygen atoms in total. The molecule has 0 aromatic heterocycles. The van der Waals surface area contributed by atoms with E-state index in [-0.39, 0.29) is 11.0 Å². The average Bonchev–Trinajstić information content (AvgIpc) is 2.50. The van der Waals surface area contributed by atoms with E-state index in [2.05, 4.69) is 0 Å². The minimum absolute atomic E-state index is 0.0884. The molecular weight excluding hydrogens is 287 g/mol. The molecule has 2 rings (SSSR count). The maximum atomic E-state index is 14.2. The molecule has 0 radical (unpaired) electrons. The van der Waals surface area contributed by atoms with Crippen LogP contribution in [0.1, 0.15) is 38.8 Å². The second-order valence-electron chi connectivity index (χ2n) is 6.28. The van der Waals surface area contributed by atoms with E-state index in [1.807, 2.05) is 0 Å². The molecule has 21 heavy (non-hydrogen) atoms. The van der Waals surface area contributed by atoms with Crippen LogP contribution in [0.4, 0.5) is 17.6 Å². The quantitative estimate of drug-likeness (QED) is 0.584. The molecule has 0 spiro atoms. The van der Waals surface area contributed by atoms with Crippen molar-refractivity contribution in [3.8, 4) is 0 Å². The van der Waals surface area contributed by atoms with Crippen molar-refractivity contribution < 1.29 is 26.9 Å². The van der Waals surface area contributed by atoms with Crippen LogP contribution >= 0.6 is 0 Å². The number of halogens is 4. The third kappa shape index (κ3) is 2.81. The van der Waals surface area contributed by atoms with Crippen molar-refractivity contribution in [2.24, 2.45) is 0 Å². The van der Waals surface area contributed by atoms with E-state index in [1.165, 1.54) is 6.92 Å². The van der Waals surface area contributed by atoms with Gasteiger partial charge in [-0.3, -0.25) is 0 Å². The molecule has 0 atom stereocenters. The van der Waals surface area contributed by atoms with Gasteiger partial charge in [-0.2, -0.15) is 13.2 Å². The van der Waals surface area contributed by atoms with Crippen molar-refractivity contribution in [2.45, 2.75) is 52.0 Å². The number of rotatable bonds is 1. The van der Waals surface area contributed by atoms with Crippen LogP contribution in [0.15, 0.2) is 12.1 Å². The third-order valence-corrected chi connectivity index (χ3v) is 4.12. The van der Waals surface area contributed by atoms with Gasteiger partial charge >= 0.3 is 13.3 Å². The topological polar surface area (TPSA) is 18.5 Å². The normalized spacial score (nSPS) is 20.9. The Balaban J connectivity index is 2.48. The summed E-state index contributed by atoms with van der Waals surface area (Å²) in [6, 6.07) is 1.54. The molecule has 1 saturated heterocycles. The van der Waals surface area contributed by atoms with E-state index in [1.54, 1.807) is 27.7 Å². The first-order valence-corrected chi connectivity index (χ1v) is 6.58. The Bertz CT molecular complexity index is 551. The highest BCUT2D eigenvalue weighted by atomic mass is 19.4. The fraction of sp³-hybridized carbons (Fsp3) is 0.571. The van der Waals surface area contributed by atoms with Crippen molar-refractivity contribution in [1.82, 2.24) is 0 Å². The summed E-state index contributed by atoms with van der Waals surface area (Å²) in [5.74, 6) is -0.735. The Morgan fingerprint density at radius 3 is 1.90 bits per heavy atom. The largest absolute Gasteiger partial charge is 0.497 e. The van der Waals surface area contributed by atoms with Crippen molar-refractivity contribution in [3.63, 3.8) is 0 Å². The van der Waals surface area contributed by atoms with Gasteiger partial charge in [0.15, 0.2) is 0 Å². The number of hydrogen-bond donors (Lipinski definition) is 0. The van der Waals surface area contributed by atoms with Crippen LogP contribution in [-0.2, 0) is 15.5 Å². The summed E-state index contributed by atoms with van der Waals surface area (Å²) < 4.78 is 64.0. The fourth-order valence-corrected chi connectivity index (χ4v) is 2.10. The molecule has 0 aliphatic carbocycles. The molecule has 1 aliphatic rings. The van der Waals surface area contributed by atoms with E-state index in [9.17, 15) is 17.6 Å². The Labute approximate surface area is 121 Å². The molecule has 0 saturated carbocycles. The second-order valence-corrected chi connectivity index (χ2v) is 6.28. The molecule has 0 N–H and O–H groups in total. The van der Waals surface area contributed by atoms with Crippen LogP contribution in [0.2, 0.25) is 0 Å². The van der Waals surface area contributed by atoms with Gasteiger partial charge < -0.3 is 9.31 Å². The van der Waals surface area contributed by atoms with Crippen LogP contribution in [0.5, 0.6) is 0 Å². The van der Waals surface area contributed by atoms with Crippen LogP contribution in [0.25, 0.3) is 0 Å². The lowest BCUT2D eigenvalue weighted by Crippen LogP contribution is -2.41. The maximum Gasteiger partial charge on any atom is 0.497 e. The zero-order valence-electron chi connectivity index (χ0n) is 12.6. The zero-order chi connectivity index (χ0) is 16.2. The number of hydrogen-bond acceptors (Lipinski definition) is 2. The van der Waals surface area contributed by atoms with Crippen molar-refractivity contribution in [2.75, 3.05) is 0 Å². The Kier molecular flexibility index (Phi) is 3.66. The van der Waals surface area contributed by atoms with Crippen LogP contribution in [-0.4, -0.2) is 18.3 Å². The van der Waals surface area contributed by atoms with Gasteiger partial charge in [-0.1, -0.05) is 0 Å². The predicted molar refractivity (Wildman–Crippen MR) is 71.9 cm³/mol. The molecule has 1 fully saturated rings. The molecule has 116 valence electrons. The van der Waals surface area contributed by atoms with Gasteiger partial charge in [0.1, 0.15) is 5.82 Å². The van der Waals surface area contributed by atoms with Gasteiger partial charge in [0, 0.05) is 5.46 Å². The lowest BCUT2D eigenvalue weighted by molar-refractivity contribution is -0.137. The van der Waals surface area contributed by atoms with E-state index in [0.29, 0.717) is 0 Å². The Morgan fingerprint density at radius 2 is 1.48 bits per heavy atom. The lowest BCUT2D eigenvalue weighted by Gasteiger charge is -2.32. The van der Waals surface area contributed by atoms with Crippen molar-refractivity contribution >= 4 is 12.6 Å². The third-order valence-electron chi connectivity index (χ3n) is 4.12. The lowest BCUT2D eigenvalue weighted by atomic mass is 9.77. The van der Waals surface area contributed by atoms with Gasteiger partial charge in [0.25, 0.3) is 0 Å². The predicted octanol–water partition coefficient (Wildman–Crippen LogP) is 3.45. The van der Waals surface area contributed by atoms with Gasteiger partial charge in [-0.15, -0.1) is 0 Å². The van der Waals surface area contributed by atoms with E-state index < -0.39 is 35.9 Å². The van der Waals surface area contributed by atoms with E-state index in [4.69, 9.17) is 9.31 Å². The monoisotopic (exact) mass is 304 g/mol. The van der Waals surface area contributed by atoms with Gasteiger partial charge in [0.05, 0.1) is 16.8 Å². The van der Waals surface area contributed by atoms with Crippen molar-refractivity contribution in [3.05, 3.63) is 29.1 Å². The SMILES string of the molecule is Cc1cc(C(F)(F)F)cc(B2OC(C)(C)C(C)(C)O2)c1F.